The van der Waals surface area contributed by atoms with Crippen molar-refractivity contribution in [3.8, 4) is 6.07 Å². The second kappa shape index (κ2) is 3.78. The van der Waals surface area contributed by atoms with E-state index in [2.05, 4.69) is 0 Å². The highest BCUT2D eigenvalue weighted by Gasteiger charge is 2.12. The molecule has 0 aliphatic carbocycles. The predicted octanol–water partition coefficient (Wildman–Crippen LogP) is 3.07. The van der Waals surface area contributed by atoms with Gasteiger partial charge in [0.25, 0.3) is 0 Å². The maximum absolute atomic E-state index is 11.0. The summed E-state index contributed by atoms with van der Waals surface area (Å²) in [6, 6.07) is 4.84. The Kier molecular flexibility index (Phi) is 2.92. The van der Waals surface area contributed by atoms with Gasteiger partial charge in [0.05, 0.1) is 15.6 Å². The van der Waals surface area contributed by atoms with E-state index in [1.165, 1.54) is 19.1 Å². The summed E-state index contributed by atoms with van der Waals surface area (Å²) in [7, 11) is 0. The van der Waals surface area contributed by atoms with E-state index in [0.29, 0.717) is 5.56 Å². The van der Waals surface area contributed by atoms with E-state index in [4.69, 9.17) is 28.5 Å². The van der Waals surface area contributed by atoms with E-state index in [1.807, 2.05) is 6.07 Å². The number of nitriles is 1. The Balaban J connectivity index is 3.47. The minimum Gasteiger partial charge on any atom is -0.294 e. The number of hydrogen-bond donors (Lipinski definition) is 0. The summed E-state index contributed by atoms with van der Waals surface area (Å²) >= 11 is 11.5. The van der Waals surface area contributed by atoms with Gasteiger partial charge in [-0.3, -0.25) is 4.79 Å². The van der Waals surface area contributed by atoms with Crippen molar-refractivity contribution in [3.63, 3.8) is 0 Å². The minimum absolute atomic E-state index is 0.127. The molecule has 0 fully saturated rings. The van der Waals surface area contributed by atoms with E-state index in [9.17, 15) is 4.79 Å². The number of Topliss-reactive ketones (excluding diaryl/α,β-unsaturated/α-hetero) is 1. The monoisotopic (exact) mass is 213 g/mol. The molecule has 0 heterocycles. The summed E-state index contributed by atoms with van der Waals surface area (Å²) < 4.78 is 0. The fraction of sp³-hybridized carbons (Fsp3) is 0.111. The van der Waals surface area contributed by atoms with Gasteiger partial charge in [0.15, 0.2) is 5.78 Å². The van der Waals surface area contributed by atoms with Crippen molar-refractivity contribution in [1.29, 1.82) is 5.26 Å². The summed E-state index contributed by atoms with van der Waals surface area (Å²) in [6.07, 6.45) is 0. The van der Waals surface area contributed by atoms with E-state index >= 15 is 0 Å². The molecule has 66 valence electrons. The van der Waals surface area contributed by atoms with E-state index in [1.54, 1.807) is 0 Å². The van der Waals surface area contributed by atoms with Gasteiger partial charge in [0, 0.05) is 5.56 Å². The summed E-state index contributed by atoms with van der Waals surface area (Å²) in [5.41, 5.74) is 0.471. The molecule has 0 aromatic heterocycles. The molecule has 0 bridgehead atoms. The standard InChI is InChI=1S/C9H5Cl2NO/c1-5(13)6-2-3-8(10)7(4-12)9(6)11/h2-3H,1H3. The Morgan fingerprint density at radius 2 is 2.08 bits per heavy atom. The fourth-order valence-corrected chi connectivity index (χ4v) is 1.52. The van der Waals surface area contributed by atoms with E-state index in [0.717, 1.165) is 0 Å². The second-order valence-corrected chi connectivity index (χ2v) is 3.24. The van der Waals surface area contributed by atoms with Crippen LogP contribution in [0.4, 0.5) is 0 Å². The third kappa shape index (κ3) is 1.82. The Bertz CT molecular complexity index is 407. The highest BCUT2D eigenvalue weighted by molar-refractivity contribution is 6.38. The van der Waals surface area contributed by atoms with Crippen molar-refractivity contribution in [2.75, 3.05) is 0 Å². The summed E-state index contributed by atoms with van der Waals surface area (Å²) in [5.74, 6) is -0.182. The molecule has 2 nitrogen and oxygen atoms in total. The van der Waals surface area contributed by atoms with Gasteiger partial charge in [-0.1, -0.05) is 23.2 Å². The van der Waals surface area contributed by atoms with Crippen molar-refractivity contribution >= 4 is 29.0 Å². The zero-order valence-electron chi connectivity index (χ0n) is 6.77. The quantitative estimate of drug-likeness (QED) is 0.674. The van der Waals surface area contributed by atoms with Crippen LogP contribution in [-0.4, -0.2) is 5.78 Å². The number of carbonyl (C=O) groups excluding carboxylic acids is 1. The summed E-state index contributed by atoms with van der Waals surface area (Å²) in [5, 5.41) is 9.06. The van der Waals surface area contributed by atoms with Gasteiger partial charge in [-0.2, -0.15) is 5.26 Å². The number of carbonyl (C=O) groups is 1. The van der Waals surface area contributed by atoms with Crippen LogP contribution in [0.3, 0.4) is 0 Å². The lowest BCUT2D eigenvalue weighted by Crippen LogP contribution is -1.95. The molecule has 0 saturated carbocycles. The van der Waals surface area contributed by atoms with Crippen LogP contribution in [0.25, 0.3) is 0 Å². The first-order valence-electron chi connectivity index (χ1n) is 3.47. The van der Waals surface area contributed by atoms with Crippen LogP contribution >= 0.6 is 23.2 Å². The SMILES string of the molecule is CC(=O)c1ccc(Cl)c(C#N)c1Cl. The lowest BCUT2D eigenvalue weighted by atomic mass is 10.1. The number of benzene rings is 1. The van der Waals surface area contributed by atoms with Gasteiger partial charge in [0.2, 0.25) is 0 Å². The van der Waals surface area contributed by atoms with Gasteiger partial charge in [-0.25, -0.2) is 0 Å². The molecule has 0 atom stereocenters. The van der Waals surface area contributed by atoms with Crippen molar-refractivity contribution in [2.24, 2.45) is 0 Å². The van der Waals surface area contributed by atoms with Gasteiger partial charge >= 0.3 is 0 Å². The smallest absolute Gasteiger partial charge is 0.161 e. The number of ketones is 1. The second-order valence-electron chi connectivity index (χ2n) is 2.45. The Labute approximate surface area is 85.7 Å². The molecule has 0 aliphatic rings. The van der Waals surface area contributed by atoms with E-state index in [-0.39, 0.29) is 21.4 Å². The van der Waals surface area contributed by atoms with Crippen LogP contribution < -0.4 is 0 Å². The lowest BCUT2D eigenvalue weighted by Gasteiger charge is -2.02. The first-order valence-corrected chi connectivity index (χ1v) is 4.22. The maximum atomic E-state index is 11.0. The van der Waals surface area contributed by atoms with Gasteiger partial charge < -0.3 is 0 Å². The van der Waals surface area contributed by atoms with Crippen LogP contribution in [0.5, 0.6) is 0 Å². The highest BCUT2D eigenvalue weighted by Crippen LogP contribution is 2.27. The molecular formula is C9H5Cl2NO. The Morgan fingerprint density at radius 3 is 2.54 bits per heavy atom. The largest absolute Gasteiger partial charge is 0.294 e. The Hall–Kier alpha value is -1.04. The first kappa shape index (κ1) is 10.0. The molecule has 0 amide bonds. The maximum Gasteiger partial charge on any atom is 0.161 e. The van der Waals surface area contributed by atoms with Gasteiger partial charge in [-0.15, -0.1) is 0 Å². The molecule has 13 heavy (non-hydrogen) atoms. The van der Waals surface area contributed by atoms with Crippen LogP contribution in [0, 0.1) is 11.3 Å². The molecule has 1 aromatic rings. The predicted molar refractivity (Wildman–Crippen MR) is 51.2 cm³/mol. The van der Waals surface area contributed by atoms with Gasteiger partial charge in [0.1, 0.15) is 6.07 Å². The topological polar surface area (TPSA) is 40.9 Å². The molecule has 0 N–H and O–H groups in total. The number of halogens is 2. The van der Waals surface area contributed by atoms with Crippen molar-refractivity contribution < 1.29 is 4.79 Å². The molecule has 0 spiro atoms. The normalized spacial score (nSPS) is 9.38. The minimum atomic E-state index is -0.182. The molecule has 1 aromatic carbocycles. The summed E-state index contributed by atoms with van der Waals surface area (Å²) in [6.45, 7) is 1.39. The molecule has 0 radical (unpaired) electrons. The number of rotatable bonds is 1. The zero-order chi connectivity index (χ0) is 10.0. The highest BCUT2D eigenvalue weighted by atomic mass is 35.5. The molecule has 1 rings (SSSR count). The van der Waals surface area contributed by atoms with Crippen LogP contribution in [0.15, 0.2) is 12.1 Å². The number of nitrogens with zero attached hydrogens (tertiary/aromatic N) is 1. The third-order valence-electron chi connectivity index (χ3n) is 1.58. The molecule has 0 aliphatic heterocycles. The molecule has 0 saturated heterocycles. The molecule has 4 heteroatoms. The average Bonchev–Trinajstić information content (AvgIpc) is 2.04. The first-order chi connectivity index (χ1) is 6.07. The zero-order valence-corrected chi connectivity index (χ0v) is 8.28. The molecule has 0 unspecified atom stereocenters. The average molecular weight is 214 g/mol. The lowest BCUT2D eigenvalue weighted by molar-refractivity contribution is 0.101. The Morgan fingerprint density at radius 1 is 1.46 bits per heavy atom. The third-order valence-corrected chi connectivity index (χ3v) is 2.29. The van der Waals surface area contributed by atoms with E-state index < -0.39 is 0 Å². The summed E-state index contributed by atoms with van der Waals surface area (Å²) in [4.78, 5) is 11.0. The fourth-order valence-electron chi connectivity index (χ4n) is 0.927. The molecular weight excluding hydrogens is 209 g/mol. The van der Waals surface area contributed by atoms with Crippen molar-refractivity contribution in [1.82, 2.24) is 0 Å². The van der Waals surface area contributed by atoms with Gasteiger partial charge in [-0.05, 0) is 19.1 Å². The van der Waals surface area contributed by atoms with Crippen LogP contribution in [0.1, 0.15) is 22.8 Å². The number of hydrogen-bond acceptors (Lipinski definition) is 2. The van der Waals surface area contributed by atoms with Crippen LogP contribution in [-0.2, 0) is 0 Å². The van der Waals surface area contributed by atoms with Crippen LogP contribution in [0.2, 0.25) is 10.0 Å². The van der Waals surface area contributed by atoms with Crippen molar-refractivity contribution in [3.05, 3.63) is 33.3 Å². The van der Waals surface area contributed by atoms with Crippen molar-refractivity contribution in [2.45, 2.75) is 6.92 Å².